The van der Waals surface area contributed by atoms with Gasteiger partial charge in [0.05, 0.1) is 28.9 Å². The van der Waals surface area contributed by atoms with Gasteiger partial charge in [-0.2, -0.15) is 0 Å². The van der Waals surface area contributed by atoms with E-state index >= 15 is 0 Å². The molecule has 0 aliphatic carbocycles. The van der Waals surface area contributed by atoms with Gasteiger partial charge in [0.1, 0.15) is 0 Å². The molecule has 1 aromatic heterocycles. The SMILES string of the molecule is CCS(=O)c1ccc2nc(NC(=O)OC)[nH]c2c1. The van der Waals surface area contributed by atoms with Crippen molar-refractivity contribution in [2.45, 2.75) is 11.8 Å². The fraction of sp³-hybridized carbons (Fsp3) is 0.273. The topological polar surface area (TPSA) is 84.1 Å². The highest BCUT2D eigenvalue weighted by Crippen LogP contribution is 2.18. The largest absolute Gasteiger partial charge is 0.453 e. The molecule has 1 aromatic carbocycles. The van der Waals surface area contributed by atoms with E-state index in [0.29, 0.717) is 17.2 Å². The van der Waals surface area contributed by atoms with Gasteiger partial charge < -0.3 is 9.72 Å². The van der Waals surface area contributed by atoms with Crippen molar-refractivity contribution in [2.24, 2.45) is 0 Å². The Morgan fingerprint density at radius 1 is 1.56 bits per heavy atom. The van der Waals surface area contributed by atoms with Crippen molar-refractivity contribution in [3.05, 3.63) is 18.2 Å². The molecule has 6 nitrogen and oxygen atoms in total. The van der Waals surface area contributed by atoms with Crippen LogP contribution in [0.4, 0.5) is 10.7 Å². The number of imidazole rings is 1. The lowest BCUT2D eigenvalue weighted by atomic mass is 10.3. The van der Waals surface area contributed by atoms with Crippen molar-refractivity contribution in [1.29, 1.82) is 0 Å². The van der Waals surface area contributed by atoms with Gasteiger partial charge >= 0.3 is 6.09 Å². The van der Waals surface area contributed by atoms with Crippen LogP contribution in [0, 0.1) is 0 Å². The summed E-state index contributed by atoms with van der Waals surface area (Å²) in [6, 6.07) is 5.30. The number of methoxy groups -OCH3 is 1. The number of amides is 1. The average molecular weight is 267 g/mol. The summed E-state index contributed by atoms with van der Waals surface area (Å²) in [4.78, 5) is 18.9. The fourth-order valence-electron chi connectivity index (χ4n) is 1.50. The molecule has 0 aliphatic rings. The number of ether oxygens (including phenoxy) is 1. The highest BCUT2D eigenvalue weighted by molar-refractivity contribution is 7.85. The minimum absolute atomic E-state index is 0.302. The molecule has 2 N–H and O–H groups in total. The van der Waals surface area contributed by atoms with Crippen LogP contribution in [-0.2, 0) is 15.5 Å². The smallest absolute Gasteiger partial charge is 0.413 e. The molecule has 1 heterocycles. The first kappa shape index (κ1) is 12.6. The molecule has 1 atom stereocenters. The third-order valence-electron chi connectivity index (χ3n) is 2.38. The number of nitrogens with one attached hydrogen (secondary N) is 2. The predicted molar refractivity (Wildman–Crippen MR) is 69.1 cm³/mol. The zero-order valence-corrected chi connectivity index (χ0v) is 10.8. The maximum atomic E-state index is 11.7. The molecule has 2 aromatic rings. The number of nitrogens with zero attached hydrogens (tertiary/aromatic N) is 1. The van der Waals surface area contributed by atoms with E-state index < -0.39 is 16.9 Å². The van der Waals surface area contributed by atoms with Gasteiger partial charge in [0.15, 0.2) is 0 Å². The van der Waals surface area contributed by atoms with E-state index in [-0.39, 0.29) is 0 Å². The molecule has 0 saturated heterocycles. The average Bonchev–Trinajstić information content (AvgIpc) is 2.78. The standard InChI is InChI=1S/C11H13N3O3S/c1-3-18(16)7-4-5-8-9(6-7)13-10(12-8)14-11(15)17-2/h4-6H,3H2,1-2H3,(H2,12,13,14,15). The van der Waals surface area contributed by atoms with Gasteiger partial charge in [-0.05, 0) is 18.2 Å². The number of carbonyl (C=O) groups is 1. The van der Waals surface area contributed by atoms with Crippen molar-refractivity contribution in [3.63, 3.8) is 0 Å². The zero-order chi connectivity index (χ0) is 13.1. The van der Waals surface area contributed by atoms with Crippen molar-refractivity contribution in [1.82, 2.24) is 9.97 Å². The lowest BCUT2D eigenvalue weighted by molar-refractivity contribution is 0.186. The second-order valence-corrected chi connectivity index (χ2v) is 5.25. The first-order valence-electron chi connectivity index (χ1n) is 5.37. The summed E-state index contributed by atoms with van der Waals surface area (Å²) in [6.45, 7) is 1.86. The number of carbonyl (C=O) groups excluding carboxylic acids is 1. The Labute approximate surface area is 106 Å². The van der Waals surface area contributed by atoms with Crippen molar-refractivity contribution in [3.8, 4) is 0 Å². The van der Waals surface area contributed by atoms with Crippen LogP contribution >= 0.6 is 0 Å². The molecule has 0 fully saturated rings. The molecule has 1 amide bonds. The van der Waals surface area contributed by atoms with Crippen molar-refractivity contribution < 1.29 is 13.7 Å². The first-order valence-corrected chi connectivity index (χ1v) is 6.69. The Morgan fingerprint density at radius 2 is 2.33 bits per heavy atom. The number of aromatic nitrogens is 2. The molecular formula is C11H13N3O3S. The summed E-state index contributed by atoms with van der Waals surface area (Å²) in [6.07, 6.45) is -0.591. The van der Waals surface area contributed by atoms with Crippen LogP contribution in [0.25, 0.3) is 11.0 Å². The predicted octanol–water partition coefficient (Wildman–Crippen LogP) is 1.87. The Hall–Kier alpha value is -1.89. The Balaban J connectivity index is 2.33. The van der Waals surface area contributed by atoms with Crippen LogP contribution < -0.4 is 5.32 Å². The molecular weight excluding hydrogens is 254 g/mol. The summed E-state index contributed by atoms with van der Waals surface area (Å²) in [5, 5.41) is 2.44. The minimum atomic E-state index is -1.01. The van der Waals surface area contributed by atoms with E-state index in [9.17, 15) is 9.00 Å². The summed E-state index contributed by atoms with van der Waals surface area (Å²) in [5.74, 6) is 0.865. The summed E-state index contributed by atoms with van der Waals surface area (Å²) in [7, 11) is 0.269. The molecule has 7 heteroatoms. The molecule has 96 valence electrons. The maximum Gasteiger partial charge on any atom is 0.413 e. The van der Waals surface area contributed by atoms with Gasteiger partial charge in [-0.3, -0.25) is 9.53 Å². The number of fused-ring (bicyclic) bond motifs is 1. The van der Waals surface area contributed by atoms with Crippen LogP contribution in [0.1, 0.15) is 6.92 Å². The normalized spacial score (nSPS) is 12.3. The number of benzene rings is 1. The third-order valence-corrected chi connectivity index (χ3v) is 3.69. The molecule has 0 spiro atoms. The molecule has 18 heavy (non-hydrogen) atoms. The van der Waals surface area contributed by atoms with Gasteiger partial charge in [0.25, 0.3) is 0 Å². The van der Waals surface area contributed by atoms with Crippen LogP contribution in [0.5, 0.6) is 0 Å². The van der Waals surface area contributed by atoms with Crippen molar-refractivity contribution >= 4 is 33.9 Å². The van der Waals surface area contributed by atoms with E-state index in [4.69, 9.17) is 0 Å². The van der Waals surface area contributed by atoms with Gasteiger partial charge in [0, 0.05) is 10.6 Å². The number of hydrogen-bond acceptors (Lipinski definition) is 4. The lowest BCUT2D eigenvalue weighted by Gasteiger charge is -1.97. The number of hydrogen-bond donors (Lipinski definition) is 2. The molecule has 0 bridgehead atoms. The summed E-state index contributed by atoms with van der Waals surface area (Å²) >= 11 is 0. The molecule has 2 rings (SSSR count). The van der Waals surface area contributed by atoms with Crippen molar-refractivity contribution in [2.75, 3.05) is 18.2 Å². The molecule has 1 unspecified atom stereocenters. The third kappa shape index (κ3) is 2.51. The van der Waals surface area contributed by atoms with Gasteiger partial charge in [-0.1, -0.05) is 6.92 Å². The highest BCUT2D eigenvalue weighted by atomic mass is 32.2. The monoisotopic (exact) mass is 267 g/mol. The maximum absolute atomic E-state index is 11.7. The second-order valence-electron chi connectivity index (χ2n) is 3.52. The molecule has 0 radical (unpaired) electrons. The Morgan fingerprint density at radius 3 is 3.00 bits per heavy atom. The van der Waals surface area contributed by atoms with E-state index in [2.05, 4.69) is 20.0 Å². The molecule has 0 saturated carbocycles. The Bertz CT molecular complexity index is 609. The first-order chi connectivity index (χ1) is 8.63. The summed E-state index contributed by atoms with van der Waals surface area (Å²) in [5.41, 5.74) is 1.42. The van der Waals surface area contributed by atoms with Crippen LogP contribution in [0.2, 0.25) is 0 Å². The van der Waals surface area contributed by atoms with E-state index in [1.807, 2.05) is 6.92 Å². The molecule has 0 aliphatic heterocycles. The number of rotatable bonds is 3. The van der Waals surface area contributed by atoms with E-state index in [1.165, 1.54) is 7.11 Å². The van der Waals surface area contributed by atoms with Crippen LogP contribution in [0.15, 0.2) is 23.1 Å². The van der Waals surface area contributed by atoms with Gasteiger partial charge in [0.2, 0.25) is 5.95 Å². The van der Waals surface area contributed by atoms with Gasteiger partial charge in [-0.15, -0.1) is 0 Å². The lowest BCUT2D eigenvalue weighted by Crippen LogP contribution is -2.11. The number of H-pyrrole nitrogens is 1. The van der Waals surface area contributed by atoms with E-state index in [1.54, 1.807) is 18.2 Å². The zero-order valence-electron chi connectivity index (χ0n) is 10.0. The van der Waals surface area contributed by atoms with Gasteiger partial charge in [-0.25, -0.2) is 9.78 Å². The quantitative estimate of drug-likeness (QED) is 0.889. The number of aromatic amines is 1. The number of anilines is 1. The van der Waals surface area contributed by atoms with Crippen LogP contribution in [-0.4, -0.2) is 33.1 Å². The van der Waals surface area contributed by atoms with Crippen LogP contribution in [0.3, 0.4) is 0 Å². The fourth-order valence-corrected chi connectivity index (χ4v) is 2.31. The minimum Gasteiger partial charge on any atom is -0.453 e. The van der Waals surface area contributed by atoms with E-state index in [0.717, 1.165) is 10.4 Å². The Kier molecular flexibility index (Phi) is 3.61. The highest BCUT2D eigenvalue weighted by Gasteiger charge is 2.08. The second kappa shape index (κ2) is 5.18. The summed E-state index contributed by atoms with van der Waals surface area (Å²) < 4.78 is 16.1.